The van der Waals surface area contributed by atoms with Crippen molar-refractivity contribution in [1.29, 1.82) is 0 Å². The fourth-order valence-electron chi connectivity index (χ4n) is 1.93. The normalized spacial score (nSPS) is 15.0. The molecule has 1 aliphatic heterocycles. The fraction of sp³-hybridized carbons (Fsp3) is 0.308. The molecule has 0 atom stereocenters. The zero-order valence-electron chi connectivity index (χ0n) is 11.5. The van der Waals surface area contributed by atoms with Crippen LogP contribution in [0.5, 0.6) is 5.75 Å². The lowest BCUT2D eigenvalue weighted by molar-refractivity contribution is -0.116. The van der Waals surface area contributed by atoms with Crippen molar-refractivity contribution in [3.8, 4) is 5.75 Å². The van der Waals surface area contributed by atoms with E-state index in [0.717, 1.165) is 9.80 Å². The molecular weight excluding hydrogens is 298 g/mol. The maximum absolute atomic E-state index is 12.2. The Morgan fingerprint density at radius 3 is 2.57 bits per heavy atom. The maximum Gasteiger partial charge on any atom is 0.340 e. The van der Waals surface area contributed by atoms with Crippen LogP contribution in [0.25, 0.3) is 0 Å². The van der Waals surface area contributed by atoms with E-state index < -0.39 is 18.0 Å². The number of nitrogens with zero attached hydrogens (tertiary/aromatic N) is 2. The minimum Gasteiger partial charge on any atom is -0.508 e. The van der Waals surface area contributed by atoms with Gasteiger partial charge in [-0.1, -0.05) is 11.6 Å². The lowest BCUT2D eigenvalue weighted by Crippen LogP contribution is -2.45. The van der Waals surface area contributed by atoms with Crippen molar-refractivity contribution in [2.45, 2.75) is 19.9 Å². The van der Waals surface area contributed by atoms with Gasteiger partial charge in [0.05, 0.1) is 5.69 Å². The molecular formula is C13H14ClN3O4. The Hall–Kier alpha value is -2.28. The molecule has 0 spiro atoms. The van der Waals surface area contributed by atoms with Crippen LogP contribution >= 0.6 is 11.6 Å². The Bertz CT molecular complexity index is 597. The van der Waals surface area contributed by atoms with Crippen molar-refractivity contribution >= 4 is 35.3 Å². The number of phenols is 1. The molecule has 5 amide bonds. The fourth-order valence-corrected chi connectivity index (χ4v) is 2.15. The lowest BCUT2D eigenvalue weighted by Gasteiger charge is -2.18. The van der Waals surface area contributed by atoms with Gasteiger partial charge in [-0.15, -0.1) is 0 Å². The van der Waals surface area contributed by atoms with E-state index in [1.807, 2.05) is 0 Å². The van der Waals surface area contributed by atoms with Crippen LogP contribution in [0, 0.1) is 0 Å². The first-order valence-electron chi connectivity index (χ1n) is 6.24. The molecule has 8 heteroatoms. The third-order valence-electron chi connectivity index (χ3n) is 2.75. The number of imide groups is 2. The Balaban J connectivity index is 2.28. The first kappa shape index (κ1) is 15.1. The summed E-state index contributed by atoms with van der Waals surface area (Å²) in [4.78, 5) is 37.7. The average Bonchev–Trinajstić information content (AvgIpc) is 2.62. The smallest absolute Gasteiger partial charge is 0.340 e. The summed E-state index contributed by atoms with van der Waals surface area (Å²) < 4.78 is 0. The first-order chi connectivity index (χ1) is 9.79. The van der Waals surface area contributed by atoms with Crippen LogP contribution < -0.4 is 10.2 Å². The predicted octanol–water partition coefficient (Wildman–Crippen LogP) is 1.93. The topological polar surface area (TPSA) is 90.0 Å². The van der Waals surface area contributed by atoms with Crippen molar-refractivity contribution in [1.82, 2.24) is 10.2 Å². The summed E-state index contributed by atoms with van der Waals surface area (Å²) in [5, 5.41) is 12.2. The number of rotatable bonds is 2. The van der Waals surface area contributed by atoms with E-state index in [-0.39, 0.29) is 29.0 Å². The molecule has 21 heavy (non-hydrogen) atoms. The van der Waals surface area contributed by atoms with Gasteiger partial charge in [0.1, 0.15) is 12.3 Å². The van der Waals surface area contributed by atoms with Crippen LogP contribution in [-0.2, 0) is 4.79 Å². The molecule has 1 aliphatic rings. The Morgan fingerprint density at radius 1 is 1.33 bits per heavy atom. The molecule has 1 aromatic rings. The van der Waals surface area contributed by atoms with E-state index in [4.69, 9.17) is 11.6 Å². The summed E-state index contributed by atoms with van der Waals surface area (Å²) in [6, 6.07) is 2.28. The highest BCUT2D eigenvalue weighted by molar-refractivity contribution is 6.31. The van der Waals surface area contributed by atoms with Crippen LogP contribution in [0.3, 0.4) is 0 Å². The van der Waals surface area contributed by atoms with E-state index in [9.17, 15) is 19.5 Å². The number of carbonyl (C=O) groups is 3. The zero-order valence-corrected chi connectivity index (χ0v) is 12.2. The largest absolute Gasteiger partial charge is 0.508 e. The van der Waals surface area contributed by atoms with E-state index in [1.54, 1.807) is 13.8 Å². The summed E-state index contributed by atoms with van der Waals surface area (Å²) in [7, 11) is 0. The minimum absolute atomic E-state index is 0.120. The molecule has 0 unspecified atom stereocenters. The third-order valence-corrected chi connectivity index (χ3v) is 2.97. The van der Waals surface area contributed by atoms with Gasteiger partial charge in [-0.25, -0.2) is 19.4 Å². The van der Waals surface area contributed by atoms with E-state index in [1.165, 1.54) is 18.2 Å². The van der Waals surface area contributed by atoms with Crippen LogP contribution in [-0.4, -0.2) is 40.6 Å². The second-order valence-electron chi connectivity index (χ2n) is 4.87. The van der Waals surface area contributed by atoms with E-state index >= 15 is 0 Å². The quantitative estimate of drug-likeness (QED) is 0.817. The number of benzene rings is 1. The van der Waals surface area contributed by atoms with Crippen molar-refractivity contribution in [3.05, 3.63) is 23.2 Å². The van der Waals surface area contributed by atoms with Crippen LogP contribution in [0.15, 0.2) is 18.2 Å². The van der Waals surface area contributed by atoms with Crippen LogP contribution in [0.1, 0.15) is 13.8 Å². The number of hydrogen-bond donors (Lipinski definition) is 2. The molecule has 1 aromatic carbocycles. The summed E-state index contributed by atoms with van der Waals surface area (Å²) >= 11 is 5.79. The maximum atomic E-state index is 12.2. The SMILES string of the molecule is CC(C)NC(=O)N1CC(=O)N(c2cc(O)cc(Cl)c2)C1=O. The molecule has 1 heterocycles. The molecule has 0 aliphatic carbocycles. The van der Waals surface area contributed by atoms with Crippen molar-refractivity contribution < 1.29 is 19.5 Å². The van der Waals surface area contributed by atoms with E-state index in [2.05, 4.69) is 5.32 Å². The molecule has 1 saturated heterocycles. The van der Waals surface area contributed by atoms with E-state index in [0.29, 0.717) is 0 Å². The standard InChI is InChI=1S/C13H14ClN3O4/c1-7(2)15-12(20)16-6-11(19)17(13(16)21)9-3-8(14)4-10(18)5-9/h3-5,7,18H,6H2,1-2H3,(H,15,20). The zero-order chi connectivity index (χ0) is 15.7. The van der Waals surface area contributed by atoms with Gasteiger partial charge in [-0.05, 0) is 26.0 Å². The number of amides is 5. The van der Waals surface area contributed by atoms with Gasteiger partial charge in [-0.2, -0.15) is 0 Å². The van der Waals surface area contributed by atoms with Gasteiger partial charge in [0.25, 0.3) is 5.91 Å². The molecule has 2 rings (SSSR count). The molecule has 2 N–H and O–H groups in total. The number of nitrogens with one attached hydrogen (secondary N) is 1. The van der Waals surface area contributed by atoms with Crippen LogP contribution in [0.4, 0.5) is 15.3 Å². The van der Waals surface area contributed by atoms with Crippen molar-refractivity contribution in [2.75, 3.05) is 11.4 Å². The molecule has 0 bridgehead atoms. The third kappa shape index (κ3) is 3.08. The summed E-state index contributed by atoms with van der Waals surface area (Å²) in [5.74, 6) is -0.747. The molecule has 7 nitrogen and oxygen atoms in total. The molecule has 1 fully saturated rings. The lowest BCUT2D eigenvalue weighted by atomic mass is 10.3. The molecule has 0 radical (unpaired) electrons. The van der Waals surface area contributed by atoms with Gasteiger partial charge in [0.2, 0.25) is 0 Å². The number of aromatic hydroxyl groups is 1. The minimum atomic E-state index is -0.778. The molecule has 112 valence electrons. The summed E-state index contributed by atoms with van der Waals surface area (Å²) in [6.07, 6.45) is 0. The number of halogens is 1. The first-order valence-corrected chi connectivity index (χ1v) is 6.62. The Morgan fingerprint density at radius 2 is 2.00 bits per heavy atom. The van der Waals surface area contributed by atoms with Crippen LogP contribution in [0.2, 0.25) is 5.02 Å². The number of hydrogen-bond acceptors (Lipinski definition) is 4. The second kappa shape index (κ2) is 5.61. The second-order valence-corrected chi connectivity index (χ2v) is 5.31. The highest BCUT2D eigenvalue weighted by Crippen LogP contribution is 2.29. The van der Waals surface area contributed by atoms with Gasteiger partial charge in [0.15, 0.2) is 0 Å². The van der Waals surface area contributed by atoms with Gasteiger partial charge < -0.3 is 10.4 Å². The molecule has 0 aromatic heterocycles. The Labute approximate surface area is 126 Å². The highest BCUT2D eigenvalue weighted by atomic mass is 35.5. The van der Waals surface area contributed by atoms with Crippen molar-refractivity contribution in [3.63, 3.8) is 0 Å². The number of carbonyl (C=O) groups excluding carboxylic acids is 3. The number of phenolic OH excluding ortho intramolecular Hbond substituents is 1. The highest BCUT2D eigenvalue weighted by Gasteiger charge is 2.41. The predicted molar refractivity (Wildman–Crippen MR) is 76.4 cm³/mol. The average molecular weight is 312 g/mol. The van der Waals surface area contributed by atoms with Crippen molar-refractivity contribution in [2.24, 2.45) is 0 Å². The van der Waals surface area contributed by atoms with Gasteiger partial charge in [0, 0.05) is 17.1 Å². The number of urea groups is 2. The number of anilines is 1. The monoisotopic (exact) mass is 311 g/mol. The summed E-state index contributed by atoms with van der Waals surface area (Å²) in [5.41, 5.74) is 0.120. The molecule has 0 saturated carbocycles. The van der Waals surface area contributed by atoms with Gasteiger partial charge >= 0.3 is 12.1 Å². The Kier molecular flexibility index (Phi) is 4.04. The summed E-state index contributed by atoms with van der Waals surface area (Å²) in [6.45, 7) is 3.13. The van der Waals surface area contributed by atoms with Gasteiger partial charge in [-0.3, -0.25) is 4.79 Å².